The van der Waals surface area contributed by atoms with E-state index in [2.05, 4.69) is 17.6 Å². The number of carbonyl (C=O) groups excluding carboxylic acids is 13. The zero-order valence-corrected chi connectivity index (χ0v) is 54.3. The molecule has 13 atom stereocenters. The number of imide groups is 4. The quantitative estimate of drug-likeness (QED) is 0.00778. The first-order chi connectivity index (χ1) is 42.5. The van der Waals surface area contributed by atoms with Crippen LogP contribution in [0, 0.1) is 23.7 Å². The number of rotatable bonds is 27. The van der Waals surface area contributed by atoms with Crippen molar-refractivity contribution in [3.05, 3.63) is 71.4 Å². The van der Waals surface area contributed by atoms with E-state index in [1.54, 1.807) is 47.6 Å². The number of hydrogen-bond donors (Lipinski definition) is 4. The number of hydrogen-bond acceptors (Lipinski definition) is 19. The summed E-state index contributed by atoms with van der Waals surface area (Å²) in [5.41, 5.74) is 1.69. The minimum atomic E-state index is -2.07. The maximum absolute atomic E-state index is 14.1. The number of amides is 8. The number of allylic oxidation sites excluding steroid dienone is 5. The van der Waals surface area contributed by atoms with Gasteiger partial charge in [-0.25, -0.2) is 19.3 Å². The molecule has 3 aliphatic rings. The molecule has 498 valence electrons. The molecule has 0 radical (unpaired) electrons. The standard InChI is InChI=1S/C66H95N5O19/c1-13-16-17-18-19-26-56(80)86-30-23-22-24-49(60(82)62-63(90-66(85)67-46(11)73)61-51(87-61)29-28-39(4)35-55(79)71(47(12)74)54(78)25-20-21-27-57(81)89-62)70(38-72)37-48(75)33-41(6)31-40(5)32-42(7)34-52-45(10)50(76)36-53(77)68-58(43(8)14-2)64(83)69-59(44(9)15-3)65(84)88-52/h20-22,24-25,27,33-35,38,40,43-45,49,51-52,58-63,82H,13-19,23,26,28-32,36-37H2,1-12H3,(H,68,77)(H,69,83)(H,67,73,85)/b24-22+,25-20+,27-21-,39-35-,41-33+,42-34+/t40?,43-,44+,45-,49?,51-,52?,58-,59+,60+,61+,62+,63-/m1/s1. The molecule has 0 aromatic heterocycles. The van der Waals surface area contributed by atoms with Crippen molar-refractivity contribution in [2.24, 2.45) is 23.7 Å². The first-order valence-electron chi connectivity index (χ1n) is 31.2. The van der Waals surface area contributed by atoms with Crippen LogP contribution in [0.3, 0.4) is 0 Å². The summed E-state index contributed by atoms with van der Waals surface area (Å²) in [6, 6.07) is -3.63. The second-order valence-electron chi connectivity index (χ2n) is 23.8. The van der Waals surface area contributed by atoms with Gasteiger partial charge in [-0.2, -0.15) is 0 Å². The van der Waals surface area contributed by atoms with Crippen LogP contribution in [-0.2, 0) is 81.2 Å². The van der Waals surface area contributed by atoms with E-state index in [0.29, 0.717) is 53.7 Å². The number of unbranched alkanes of at least 4 members (excludes halogenated alkanes) is 4. The van der Waals surface area contributed by atoms with E-state index < -0.39 is 145 Å². The van der Waals surface area contributed by atoms with Crippen molar-refractivity contribution >= 4 is 77.4 Å². The second kappa shape index (κ2) is 38.7. The van der Waals surface area contributed by atoms with Crippen LogP contribution in [0.1, 0.15) is 173 Å². The Kier molecular flexibility index (Phi) is 32.9. The zero-order chi connectivity index (χ0) is 67.4. The summed E-state index contributed by atoms with van der Waals surface area (Å²) in [6.07, 6.45) is 6.95. The lowest BCUT2D eigenvalue weighted by atomic mass is 9.90. The minimum Gasteiger partial charge on any atom is -0.465 e. The van der Waals surface area contributed by atoms with Crippen LogP contribution >= 0.6 is 0 Å². The normalized spacial score (nSPS) is 25.7. The zero-order valence-electron chi connectivity index (χ0n) is 54.3. The first-order valence-corrected chi connectivity index (χ1v) is 31.2. The van der Waals surface area contributed by atoms with Gasteiger partial charge in [-0.15, -0.1) is 0 Å². The molecule has 3 aliphatic heterocycles. The summed E-state index contributed by atoms with van der Waals surface area (Å²) in [5, 5.41) is 20.1. The Morgan fingerprint density at radius 3 is 2.16 bits per heavy atom. The highest BCUT2D eigenvalue weighted by molar-refractivity contribution is 6.16. The maximum Gasteiger partial charge on any atom is 0.414 e. The lowest BCUT2D eigenvalue weighted by molar-refractivity contribution is -0.164. The summed E-state index contributed by atoms with van der Waals surface area (Å²) in [5.74, 6) is -10.1. The molecule has 0 spiro atoms. The molecule has 0 aromatic carbocycles. The molecular formula is C66H95N5O19. The summed E-state index contributed by atoms with van der Waals surface area (Å²) in [7, 11) is 0. The van der Waals surface area contributed by atoms with E-state index in [1.165, 1.54) is 18.2 Å². The van der Waals surface area contributed by atoms with Crippen molar-refractivity contribution in [3.8, 4) is 0 Å². The fraction of sp³-hybridized carbons (Fsp3) is 0.621. The van der Waals surface area contributed by atoms with Crippen molar-refractivity contribution in [3.63, 3.8) is 0 Å². The van der Waals surface area contributed by atoms with Gasteiger partial charge in [0.15, 0.2) is 18.0 Å². The molecule has 8 amide bonds. The third kappa shape index (κ3) is 26.0. The first kappa shape index (κ1) is 76.5. The Labute approximate surface area is 528 Å². The number of nitrogens with one attached hydrogen (secondary N) is 3. The molecule has 24 heteroatoms. The molecule has 2 saturated heterocycles. The molecule has 0 saturated carbocycles. The van der Waals surface area contributed by atoms with Gasteiger partial charge in [0.25, 0.3) is 11.8 Å². The predicted octanol–water partition coefficient (Wildman–Crippen LogP) is 6.56. The van der Waals surface area contributed by atoms with E-state index in [-0.39, 0.29) is 56.5 Å². The lowest BCUT2D eigenvalue weighted by Crippen LogP contribution is -2.57. The molecule has 4 N–H and O–H groups in total. The minimum absolute atomic E-state index is 0.0465. The lowest BCUT2D eigenvalue weighted by Gasteiger charge is -2.36. The number of cyclic esters (lactones) is 2. The number of ketones is 2. The van der Waals surface area contributed by atoms with Gasteiger partial charge in [0.05, 0.1) is 37.6 Å². The number of aliphatic hydroxyl groups excluding tert-OH is 1. The fourth-order valence-corrected chi connectivity index (χ4v) is 10.4. The number of esters is 3. The summed E-state index contributed by atoms with van der Waals surface area (Å²) >= 11 is 0. The van der Waals surface area contributed by atoms with Gasteiger partial charge in [0, 0.05) is 38.5 Å². The molecule has 0 bridgehead atoms. The van der Waals surface area contributed by atoms with Crippen molar-refractivity contribution in [2.45, 2.75) is 228 Å². The van der Waals surface area contributed by atoms with Gasteiger partial charge < -0.3 is 44.3 Å². The van der Waals surface area contributed by atoms with Gasteiger partial charge in [0.1, 0.15) is 36.2 Å². The Balaban J connectivity index is 2.03. The van der Waals surface area contributed by atoms with Gasteiger partial charge in [-0.05, 0) is 89.2 Å². The van der Waals surface area contributed by atoms with Gasteiger partial charge >= 0.3 is 24.0 Å². The molecule has 3 heterocycles. The van der Waals surface area contributed by atoms with Crippen molar-refractivity contribution < 1.29 is 91.1 Å². The summed E-state index contributed by atoms with van der Waals surface area (Å²) in [4.78, 5) is 173. The van der Waals surface area contributed by atoms with Gasteiger partial charge in [0.2, 0.25) is 30.0 Å². The average molecular weight is 1260 g/mol. The smallest absolute Gasteiger partial charge is 0.414 e. The van der Waals surface area contributed by atoms with E-state index in [4.69, 9.17) is 23.7 Å². The number of aliphatic hydroxyl groups is 1. The molecule has 24 nitrogen and oxygen atoms in total. The van der Waals surface area contributed by atoms with Crippen molar-refractivity contribution in [1.29, 1.82) is 0 Å². The third-order valence-corrected chi connectivity index (χ3v) is 15.8. The largest absolute Gasteiger partial charge is 0.465 e. The molecule has 2 fully saturated rings. The number of epoxide rings is 1. The van der Waals surface area contributed by atoms with E-state index in [1.807, 2.05) is 26.1 Å². The maximum atomic E-state index is 14.1. The number of nitrogens with zero attached hydrogens (tertiary/aromatic N) is 2. The van der Waals surface area contributed by atoms with Gasteiger partial charge in [-0.3, -0.25) is 53.3 Å². The number of alkyl carbamates (subject to hydrolysis) is 1. The number of fused-ring (bicyclic) bond motifs is 1. The van der Waals surface area contributed by atoms with E-state index in [9.17, 15) is 67.4 Å². The third-order valence-electron chi connectivity index (χ3n) is 15.8. The number of carbonyl (C=O) groups is 13. The average Bonchev–Trinajstić information content (AvgIpc) is 1.85. The molecule has 90 heavy (non-hydrogen) atoms. The predicted molar refractivity (Wildman–Crippen MR) is 329 cm³/mol. The van der Waals surface area contributed by atoms with Crippen molar-refractivity contribution in [1.82, 2.24) is 25.8 Å². The Morgan fingerprint density at radius 2 is 1.51 bits per heavy atom. The van der Waals surface area contributed by atoms with Crippen LogP contribution in [0.5, 0.6) is 0 Å². The van der Waals surface area contributed by atoms with Gasteiger partial charge in [-0.1, -0.05) is 128 Å². The summed E-state index contributed by atoms with van der Waals surface area (Å²) < 4.78 is 29.0. The fourth-order valence-electron chi connectivity index (χ4n) is 10.4. The van der Waals surface area contributed by atoms with Crippen LogP contribution in [0.15, 0.2) is 71.4 Å². The summed E-state index contributed by atoms with van der Waals surface area (Å²) in [6.45, 7) is 19.2. The van der Waals surface area contributed by atoms with Crippen LogP contribution < -0.4 is 16.0 Å². The number of ether oxygens (including phenoxy) is 5. The topological polar surface area (TPSA) is 334 Å². The SMILES string of the molecule is CCCCCCCC(=O)OCC/C=C/C([C@H](O)[C@@H]1OC(=O)/C=C\C=C\C(=O)N(C(C)=O)C(=O)/C=C(/C)CC[C@H]2O[C@@H]2[C@H]1OC(=O)NC(C)=O)N(C=O)CC(=O)/C=C(\C)CC(C)C/C(C)=C/C1OC(=O)[C@H]([C@@H](C)CC)NC(=O)[C@@H]([C@H](C)CC)NC(=O)CC(=O)[C@H]1C. The molecule has 0 aromatic rings. The molecule has 3 unspecified atom stereocenters. The monoisotopic (exact) mass is 1260 g/mol. The van der Waals surface area contributed by atoms with Crippen LogP contribution in [-0.4, -0.2) is 160 Å². The highest BCUT2D eigenvalue weighted by atomic mass is 16.7. The van der Waals surface area contributed by atoms with Crippen molar-refractivity contribution in [2.75, 3.05) is 13.2 Å². The molecular weight excluding hydrogens is 1170 g/mol. The Bertz CT molecular complexity index is 2760. The van der Waals surface area contributed by atoms with Crippen LogP contribution in [0.2, 0.25) is 0 Å². The van der Waals surface area contributed by atoms with E-state index in [0.717, 1.165) is 74.8 Å². The Morgan fingerprint density at radius 1 is 0.856 bits per heavy atom. The highest BCUT2D eigenvalue weighted by Crippen LogP contribution is 2.36. The molecule has 3 rings (SSSR count). The second-order valence-corrected chi connectivity index (χ2v) is 23.8. The van der Waals surface area contributed by atoms with Crippen LogP contribution in [0.25, 0.3) is 0 Å². The number of Topliss-reactive ketones (excluding diaryl/α,β-unsaturated/α-hetero) is 1. The highest BCUT2D eigenvalue weighted by Gasteiger charge is 2.54. The van der Waals surface area contributed by atoms with E-state index >= 15 is 0 Å². The van der Waals surface area contributed by atoms with Crippen LogP contribution in [0.4, 0.5) is 4.79 Å². The molecule has 0 aliphatic carbocycles. The Hall–Kier alpha value is -7.73.